The number of piperidine rings is 1. The van der Waals surface area contributed by atoms with Gasteiger partial charge in [0.1, 0.15) is 0 Å². The summed E-state index contributed by atoms with van der Waals surface area (Å²) in [7, 11) is 1.65. The molecule has 2 aliphatic rings. The van der Waals surface area contributed by atoms with E-state index >= 15 is 0 Å². The molecule has 5 rings (SSSR count). The van der Waals surface area contributed by atoms with Gasteiger partial charge in [0.05, 0.1) is 24.2 Å². The maximum atomic E-state index is 13.3. The highest BCUT2D eigenvalue weighted by Gasteiger charge is 2.28. The second-order valence-corrected chi connectivity index (χ2v) is 9.56. The topological polar surface area (TPSA) is 72.1 Å². The first-order chi connectivity index (χ1) is 18.1. The maximum Gasteiger partial charge on any atom is 0.329 e. The molecule has 3 heterocycles. The molecule has 8 nitrogen and oxygen atoms in total. The van der Waals surface area contributed by atoms with E-state index in [9.17, 15) is 9.59 Å². The molecule has 0 bridgehead atoms. The Bertz CT molecular complexity index is 1360. The van der Waals surface area contributed by atoms with Crippen molar-refractivity contribution in [2.75, 3.05) is 44.8 Å². The summed E-state index contributed by atoms with van der Waals surface area (Å²) in [6.07, 6.45) is 6.36. The smallest absolute Gasteiger partial charge is 0.329 e. The van der Waals surface area contributed by atoms with Gasteiger partial charge in [0.15, 0.2) is 0 Å². The highest BCUT2D eigenvalue weighted by Crippen LogP contribution is 2.28. The van der Waals surface area contributed by atoms with Gasteiger partial charge in [-0.25, -0.2) is 4.79 Å². The summed E-state index contributed by atoms with van der Waals surface area (Å²) in [5, 5.41) is 0. The van der Waals surface area contributed by atoms with Gasteiger partial charge in [0, 0.05) is 68.9 Å². The van der Waals surface area contributed by atoms with Gasteiger partial charge in [0.25, 0.3) is 5.91 Å². The van der Waals surface area contributed by atoms with E-state index in [1.54, 1.807) is 11.7 Å². The summed E-state index contributed by atoms with van der Waals surface area (Å²) >= 11 is 0. The Morgan fingerprint density at radius 3 is 2.46 bits per heavy atom. The largest absolute Gasteiger partial charge is 0.383 e. The molecule has 1 saturated heterocycles. The Hall–Kier alpha value is -3.65. The van der Waals surface area contributed by atoms with Crippen LogP contribution in [0.4, 0.5) is 5.69 Å². The van der Waals surface area contributed by atoms with Crippen molar-refractivity contribution in [2.24, 2.45) is 4.99 Å². The lowest BCUT2D eigenvalue weighted by Gasteiger charge is -2.33. The number of allylic oxidation sites excluding steroid dienone is 1. The first-order valence-corrected chi connectivity index (χ1v) is 13.2. The fourth-order valence-electron chi connectivity index (χ4n) is 5.53. The van der Waals surface area contributed by atoms with Crippen molar-refractivity contribution >= 4 is 28.8 Å². The fraction of sp³-hybridized carbons (Fsp3) is 0.414. The van der Waals surface area contributed by atoms with E-state index in [2.05, 4.69) is 22.9 Å². The van der Waals surface area contributed by atoms with Crippen LogP contribution in [0.25, 0.3) is 11.0 Å². The van der Waals surface area contributed by atoms with Crippen LogP contribution in [0.5, 0.6) is 0 Å². The molecule has 3 aromatic rings. The van der Waals surface area contributed by atoms with Crippen LogP contribution in [0.3, 0.4) is 0 Å². The van der Waals surface area contributed by atoms with Crippen molar-refractivity contribution in [1.29, 1.82) is 0 Å². The van der Waals surface area contributed by atoms with Crippen molar-refractivity contribution in [3.63, 3.8) is 0 Å². The number of aromatic nitrogens is 2. The predicted molar refractivity (Wildman–Crippen MR) is 148 cm³/mol. The number of para-hydroxylation sites is 2. The highest BCUT2D eigenvalue weighted by atomic mass is 16.5. The number of ether oxygens (including phenoxy) is 1. The molecule has 1 amide bonds. The van der Waals surface area contributed by atoms with E-state index in [1.807, 2.05) is 64.2 Å². The van der Waals surface area contributed by atoms with E-state index in [1.165, 1.54) is 5.70 Å². The second kappa shape index (κ2) is 11.2. The molecule has 1 fully saturated rings. The van der Waals surface area contributed by atoms with Gasteiger partial charge >= 0.3 is 5.69 Å². The van der Waals surface area contributed by atoms with Crippen LogP contribution in [0.15, 0.2) is 70.1 Å². The van der Waals surface area contributed by atoms with Gasteiger partial charge < -0.3 is 14.5 Å². The maximum absolute atomic E-state index is 13.3. The van der Waals surface area contributed by atoms with Crippen LogP contribution in [-0.4, -0.2) is 66.1 Å². The molecule has 0 unspecified atom stereocenters. The molecule has 0 saturated carbocycles. The van der Waals surface area contributed by atoms with E-state index in [4.69, 9.17) is 4.74 Å². The van der Waals surface area contributed by atoms with Gasteiger partial charge in [-0.05, 0) is 62.2 Å². The van der Waals surface area contributed by atoms with Crippen molar-refractivity contribution < 1.29 is 9.53 Å². The Morgan fingerprint density at radius 1 is 1.08 bits per heavy atom. The molecule has 2 aliphatic heterocycles. The summed E-state index contributed by atoms with van der Waals surface area (Å²) in [6, 6.07) is 15.9. The first kappa shape index (κ1) is 25.0. The molecule has 2 aromatic carbocycles. The Balaban J connectivity index is 1.28. The molecule has 37 heavy (non-hydrogen) atoms. The Morgan fingerprint density at radius 2 is 1.81 bits per heavy atom. The van der Waals surface area contributed by atoms with Gasteiger partial charge in [-0.1, -0.05) is 12.1 Å². The number of hydrogen-bond acceptors (Lipinski definition) is 5. The lowest BCUT2D eigenvalue weighted by molar-refractivity contribution is 0.0694. The normalized spacial score (nSPS) is 16.3. The lowest BCUT2D eigenvalue weighted by Crippen LogP contribution is -2.41. The van der Waals surface area contributed by atoms with Crippen LogP contribution < -0.4 is 10.6 Å². The van der Waals surface area contributed by atoms with Crippen molar-refractivity contribution in [3.8, 4) is 0 Å². The summed E-state index contributed by atoms with van der Waals surface area (Å²) in [5.74, 6) is 0.0481. The molecule has 0 spiro atoms. The third-order valence-corrected chi connectivity index (χ3v) is 7.46. The molecule has 194 valence electrons. The minimum atomic E-state index is -0.00144. The number of hydrogen-bond donors (Lipinski definition) is 0. The number of amides is 1. The Labute approximate surface area is 217 Å². The number of carbonyl (C=O) groups is 1. The summed E-state index contributed by atoms with van der Waals surface area (Å²) in [5.41, 5.74) is 4.91. The number of methoxy groups -OCH3 is 1. The van der Waals surface area contributed by atoms with E-state index < -0.39 is 0 Å². The molecular weight excluding hydrogens is 466 g/mol. The minimum absolute atomic E-state index is 0.00144. The van der Waals surface area contributed by atoms with Crippen molar-refractivity contribution in [1.82, 2.24) is 14.0 Å². The number of aliphatic imine (C=N–C) groups is 1. The summed E-state index contributed by atoms with van der Waals surface area (Å²) in [4.78, 5) is 35.1. The van der Waals surface area contributed by atoms with Gasteiger partial charge in [-0.3, -0.25) is 18.9 Å². The minimum Gasteiger partial charge on any atom is -0.383 e. The molecule has 0 N–H and O–H groups in total. The number of rotatable bonds is 8. The number of nitrogens with zero attached hydrogens (tertiary/aromatic N) is 5. The molecule has 0 aliphatic carbocycles. The fourth-order valence-corrected chi connectivity index (χ4v) is 5.53. The zero-order chi connectivity index (χ0) is 25.8. The van der Waals surface area contributed by atoms with Gasteiger partial charge in [0.2, 0.25) is 0 Å². The molecular formula is C29H35N5O3. The SMILES string of the molecule is CCN(C1=CC=NCC1)c1ccc(C(=O)N2CCC(n3c(=O)n(CCOC)c4ccccc43)CC2)cc1. The lowest BCUT2D eigenvalue weighted by atomic mass is 10.0. The average molecular weight is 502 g/mol. The zero-order valence-corrected chi connectivity index (χ0v) is 21.7. The zero-order valence-electron chi connectivity index (χ0n) is 21.7. The van der Waals surface area contributed by atoms with Crippen molar-refractivity contribution in [2.45, 2.75) is 38.8 Å². The monoisotopic (exact) mass is 501 g/mol. The molecule has 0 atom stereocenters. The second-order valence-electron chi connectivity index (χ2n) is 9.56. The molecule has 0 radical (unpaired) electrons. The quantitative estimate of drug-likeness (QED) is 0.466. The number of dihydropyridines is 1. The van der Waals surface area contributed by atoms with Crippen LogP contribution in [-0.2, 0) is 11.3 Å². The Kier molecular flexibility index (Phi) is 7.55. The number of fused-ring (bicyclic) bond motifs is 1. The van der Waals surface area contributed by atoms with E-state index in [0.29, 0.717) is 31.8 Å². The predicted octanol–water partition coefficient (Wildman–Crippen LogP) is 4.11. The van der Waals surface area contributed by atoms with E-state index in [-0.39, 0.29) is 17.6 Å². The average Bonchev–Trinajstić information content (AvgIpc) is 3.23. The number of likely N-dealkylation sites (tertiary alicyclic amines) is 1. The first-order valence-electron chi connectivity index (χ1n) is 13.2. The number of carbonyl (C=O) groups excluding carboxylic acids is 1. The number of imidazole rings is 1. The number of benzene rings is 2. The van der Waals surface area contributed by atoms with E-state index in [0.717, 1.165) is 49.1 Å². The van der Waals surface area contributed by atoms with Gasteiger partial charge in [-0.2, -0.15) is 0 Å². The summed E-state index contributed by atoms with van der Waals surface area (Å²) in [6.45, 7) is 6.08. The molecule has 8 heteroatoms. The third-order valence-electron chi connectivity index (χ3n) is 7.46. The van der Waals surface area contributed by atoms with Crippen LogP contribution in [0.2, 0.25) is 0 Å². The van der Waals surface area contributed by atoms with Crippen molar-refractivity contribution in [3.05, 3.63) is 76.4 Å². The summed E-state index contributed by atoms with van der Waals surface area (Å²) < 4.78 is 8.94. The highest BCUT2D eigenvalue weighted by molar-refractivity contribution is 5.94. The van der Waals surface area contributed by atoms with Crippen LogP contribution >= 0.6 is 0 Å². The van der Waals surface area contributed by atoms with Crippen LogP contribution in [0.1, 0.15) is 42.6 Å². The third kappa shape index (κ3) is 4.98. The molecule has 1 aromatic heterocycles. The number of anilines is 1. The van der Waals surface area contributed by atoms with Gasteiger partial charge in [-0.15, -0.1) is 0 Å². The standard InChI is InChI=1S/C29H35N5O3/c1-3-32(24-12-16-30-17-13-24)23-10-8-22(9-11-23)28(35)31-18-14-25(15-19-31)34-27-7-5-4-6-26(27)33(29(34)36)20-21-37-2/h4-12,16,25H,3,13-15,17-21H2,1-2H3. The van der Waals surface area contributed by atoms with Crippen LogP contribution in [0, 0.1) is 0 Å².